The molecule has 1 aliphatic heterocycles. The van der Waals surface area contributed by atoms with Crippen molar-refractivity contribution in [2.75, 3.05) is 31.3 Å². The van der Waals surface area contributed by atoms with Crippen molar-refractivity contribution in [3.05, 3.63) is 35.9 Å². The van der Waals surface area contributed by atoms with E-state index in [1.54, 1.807) is 11.0 Å². The van der Waals surface area contributed by atoms with Crippen molar-refractivity contribution in [1.82, 2.24) is 14.9 Å². The van der Waals surface area contributed by atoms with Crippen molar-refractivity contribution in [2.24, 2.45) is 11.3 Å². The van der Waals surface area contributed by atoms with Gasteiger partial charge in [0.1, 0.15) is 18.0 Å². The summed E-state index contributed by atoms with van der Waals surface area (Å²) in [7, 11) is 0. The molecule has 7 nitrogen and oxygen atoms in total. The predicted molar refractivity (Wildman–Crippen MR) is 122 cm³/mol. The van der Waals surface area contributed by atoms with Crippen LogP contribution in [0.3, 0.4) is 0 Å². The number of thioether (sulfide) groups is 1. The Labute approximate surface area is 192 Å². The van der Waals surface area contributed by atoms with E-state index in [0.717, 1.165) is 23.3 Å². The number of ether oxygens (including phenoxy) is 2. The molecule has 0 bridgehead atoms. The monoisotopic (exact) mass is 460 g/mol. The van der Waals surface area contributed by atoms with E-state index < -0.39 is 0 Å². The Morgan fingerprint density at radius 1 is 1.41 bits per heavy atom. The number of aromatic nitrogens is 2. The summed E-state index contributed by atoms with van der Waals surface area (Å²) in [6.07, 6.45) is 4.89. The summed E-state index contributed by atoms with van der Waals surface area (Å²) in [5.41, 5.74) is 1.17. The number of fused-ring (bicyclic) bond motifs is 1. The molecule has 0 radical (unpaired) electrons. The highest BCUT2D eigenvalue weighted by molar-refractivity contribution is 7.98. The third-order valence-electron chi connectivity index (χ3n) is 6.24. The molecule has 1 aliphatic carbocycles. The van der Waals surface area contributed by atoms with E-state index in [0.29, 0.717) is 43.0 Å². The highest BCUT2D eigenvalue weighted by atomic mass is 32.2. The summed E-state index contributed by atoms with van der Waals surface area (Å²) in [4.78, 5) is 23.4. The average Bonchev–Trinajstić information content (AvgIpc) is 3.49. The lowest BCUT2D eigenvalue weighted by Crippen LogP contribution is -2.41. The number of anilines is 2. The van der Waals surface area contributed by atoms with Gasteiger partial charge in [-0.1, -0.05) is 0 Å². The highest BCUT2D eigenvalue weighted by Crippen LogP contribution is 2.58. The molecule has 1 saturated heterocycles. The SMILES string of the molecule is CSc1ccc(Nc2ncnc(OCC34CCN(C(=O)OC(C)C)CC3C4)c2C)c(F)c1. The third kappa shape index (κ3) is 4.77. The molecule has 9 heteroatoms. The molecule has 2 heterocycles. The normalized spacial score (nSPS) is 21.8. The van der Waals surface area contributed by atoms with Gasteiger partial charge in [-0.25, -0.2) is 19.2 Å². The van der Waals surface area contributed by atoms with Crippen molar-refractivity contribution >= 4 is 29.4 Å². The Morgan fingerprint density at radius 3 is 2.91 bits per heavy atom. The topological polar surface area (TPSA) is 76.6 Å². The fourth-order valence-corrected chi connectivity index (χ4v) is 4.60. The van der Waals surface area contributed by atoms with Gasteiger partial charge in [-0.15, -0.1) is 11.8 Å². The van der Waals surface area contributed by atoms with E-state index in [4.69, 9.17) is 9.47 Å². The van der Waals surface area contributed by atoms with Crippen molar-refractivity contribution in [2.45, 2.75) is 44.6 Å². The number of piperidine rings is 1. The van der Waals surface area contributed by atoms with Gasteiger partial charge in [0.25, 0.3) is 0 Å². The minimum atomic E-state index is -0.334. The highest BCUT2D eigenvalue weighted by Gasteiger charge is 2.58. The maximum absolute atomic E-state index is 14.4. The molecular formula is C23H29FN4O3S. The van der Waals surface area contributed by atoms with Crippen LogP contribution in [0.4, 0.5) is 20.7 Å². The molecule has 0 spiro atoms. The van der Waals surface area contributed by atoms with Gasteiger partial charge >= 0.3 is 6.09 Å². The number of likely N-dealkylation sites (tertiary alicyclic amines) is 1. The van der Waals surface area contributed by atoms with E-state index in [1.807, 2.05) is 33.1 Å². The zero-order chi connectivity index (χ0) is 22.9. The first-order valence-corrected chi connectivity index (χ1v) is 12.0. The number of hydrogen-bond acceptors (Lipinski definition) is 7. The molecule has 172 valence electrons. The van der Waals surface area contributed by atoms with Gasteiger partial charge in [0, 0.05) is 23.4 Å². The van der Waals surface area contributed by atoms with Crippen LogP contribution in [0.2, 0.25) is 0 Å². The Bertz CT molecular complexity index is 1010. The van der Waals surface area contributed by atoms with E-state index in [-0.39, 0.29) is 23.4 Å². The first-order valence-electron chi connectivity index (χ1n) is 10.8. The second-order valence-corrected chi connectivity index (χ2v) is 9.68. The number of rotatable bonds is 7. The molecular weight excluding hydrogens is 431 g/mol. The number of hydrogen-bond donors (Lipinski definition) is 1. The number of halogens is 1. The molecule has 2 atom stereocenters. The van der Waals surface area contributed by atoms with Crippen LogP contribution in [0.5, 0.6) is 5.88 Å². The van der Waals surface area contributed by atoms with Crippen LogP contribution in [0.1, 0.15) is 32.3 Å². The van der Waals surface area contributed by atoms with Gasteiger partial charge in [0.2, 0.25) is 5.88 Å². The molecule has 1 N–H and O–H groups in total. The molecule has 2 aliphatic rings. The fourth-order valence-electron chi connectivity index (χ4n) is 4.17. The van der Waals surface area contributed by atoms with Crippen LogP contribution >= 0.6 is 11.8 Å². The summed E-state index contributed by atoms with van der Waals surface area (Å²) in [5, 5.41) is 3.05. The number of carbonyl (C=O) groups excluding carboxylic acids is 1. The molecule has 32 heavy (non-hydrogen) atoms. The van der Waals surface area contributed by atoms with Crippen molar-refractivity contribution in [3.8, 4) is 5.88 Å². The first kappa shape index (κ1) is 22.6. The van der Waals surface area contributed by atoms with Gasteiger partial charge in [-0.2, -0.15) is 0 Å². The lowest BCUT2D eigenvalue weighted by Gasteiger charge is -2.31. The van der Waals surface area contributed by atoms with Crippen LogP contribution in [0.15, 0.2) is 29.4 Å². The van der Waals surface area contributed by atoms with E-state index >= 15 is 0 Å². The second kappa shape index (κ2) is 9.13. The summed E-state index contributed by atoms with van der Waals surface area (Å²) in [5.74, 6) is 1.09. The molecule has 1 aromatic carbocycles. The van der Waals surface area contributed by atoms with Crippen molar-refractivity contribution in [3.63, 3.8) is 0 Å². The smallest absolute Gasteiger partial charge is 0.410 e. The van der Waals surface area contributed by atoms with E-state index in [9.17, 15) is 9.18 Å². The number of benzene rings is 1. The Morgan fingerprint density at radius 2 is 2.22 bits per heavy atom. The summed E-state index contributed by atoms with van der Waals surface area (Å²) >= 11 is 1.49. The van der Waals surface area contributed by atoms with Crippen LogP contribution in [0, 0.1) is 24.1 Å². The van der Waals surface area contributed by atoms with Crippen LogP contribution in [-0.2, 0) is 4.74 Å². The largest absolute Gasteiger partial charge is 0.477 e. The maximum atomic E-state index is 14.4. The lowest BCUT2D eigenvalue weighted by molar-refractivity contribution is 0.0586. The number of amides is 1. The fraction of sp³-hybridized carbons (Fsp3) is 0.522. The summed E-state index contributed by atoms with van der Waals surface area (Å²) in [6, 6.07) is 5.06. The zero-order valence-electron chi connectivity index (χ0n) is 18.9. The zero-order valence-corrected chi connectivity index (χ0v) is 19.7. The number of carbonyl (C=O) groups is 1. The molecule has 2 aromatic rings. The molecule has 1 aromatic heterocycles. The van der Waals surface area contributed by atoms with Crippen LogP contribution in [0.25, 0.3) is 0 Å². The number of nitrogens with zero attached hydrogens (tertiary/aromatic N) is 3. The van der Waals surface area contributed by atoms with Crippen molar-refractivity contribution < 1.29 is 18.7 Å². The molecule has 2 unspecified atom stereocenters. The molecule has 1 saturated carbocycles. The number of nitrogens with one attached hydrogen (secondary N) is 1. The average molecular weight is 461 g/mol. The molecule has 4 rings (SSSR count). The minimum Gasteiger partial charge on any atom is -0.477 e. The first-order chi connectivity index (χ1) is 15.3. The van der Waals surface area contributed by atoms with Gasteiger partial charge in [0.15, 0.2) is 0 Å². The predicted octanol–water partition coefficient (Wildman–Crippen LogP) is 5.03. The summed E-state index contributed by atoms with van der Waals surface area (Å²) < 4.78 is 25.8. The lowest BCUT2D eigenvalue weighted by atomic mass is 9.96. The Hall–Kier alpha value is -2.55. The minimum absolute atomic E-state index is 0.0827. The second-order valence-electron chi connectivity index (χ2n) is 8.80. The third-order valence-corrected chi connectivity index (χ3v) is 6.96. The van der Waals surface area contributed by atoms with Gasteiger partial charge < -0.3 is 19.7 Å². The van der Waals surface area contributed by atoms with Gasteiger partial charge in [-0.3, -0.25) is 0 Å². The standard InChI is InChI=1S/C23H29FN4O3S/c1-14(2)31-22(29)28-8-7-23(10-16(23)11-28)12-30-21-15(3)20(25-13-26-21)27-19-6-5-17(32-4)9-18(19)24/h5-6,9,13-14,16H,7-8,10-12H2,1-4H3,(H,25,26,27). The van der Waals surface area contributed by atoms with Crippen molar-refractivity contribution in [1.29, 1.82) is 0 Å². The van der Waals surface area contributed by atoms with Crippen LogP contribution in [-0.4, -0.2) is 53.0 Å². The Kier molecular flexibility index (Phi) is 6.46. The molecule has 2 fully saturated rings. The van der Waals surface area contributed by atoms with Gasteiger partial charge in [0.05, 0.1) is 24.0 Å². The van der Waals surface area contributed by atoms with E-state index in [2.05, 4.69) is 15.3 Å². The van der Waals surface area contributed by atoms with E-state index in [1.165, 1.54) is 24.2 Å². The molecule has 1 amide bonds. The Balaban J connectivity index is 1.37. The maximum Gasteiger partial charge on any atom is 0.410 e. The van der Waals surface area contributed by atoms with Crippen LogP contribution < -0.4 is 10.1 Å². The summed E-state index contributed by atoms with van der Waals surface area (Å²) in [6.45, 7) is 7.50. The quantitative estimate of drug-likeness (QED) is 0.581. The van der Waals surface area contributed by atoms with Gasteiger partial charge in [-0.05, 0) is 64.0 Å².